The number of para-hydroxylation sites is 1. The van der Waals surface area contributed by atoms with E-state index in [1.165, 1.54) is 11.8 Å². The number of carbonyl (C=O) groups excluding carboxylic acids is 2. The Morgan fingerprint density at radius 3 is 2.43 bits per heavy atom. The number of thioether (sulfide) groups is 1. The van der Waals surface area contributed by atoms with Gasteiger partial charge in [-0.15, -0.1) is 11.8 Å². The fourth-order valence-electron chi connectivity index (χ4n) is 1.90. The standard InChI is InChI=1S/C18H19NO3S/c1-13-8-6-7-11-16(13)19-17(20)12-22-18(21)14(2)23-15-9-4-3-5-10-15/h3-11,14H,12H2,1-2H3,(H,19,20)/t14-/m1/s1. The number of carbonyl (C=O) groups is 2. The van der Waals surface area contributed by atoms with Crippen LogP contribution in [0.2, 0.25) is 0 Å². The summed E-state index contributed by atoms with van der Waals surface area (Å²) in [6, 6.07) is 17.1. The summed E-state index contributed by atoms with van der Waals surface area (Å²) in [7, 11) is 0. The van der Waals surface area contributed by atoms with Crippen LogP contribution in [0.15, 0.2) is 59.5 Å². The van der Waals surface area contributed by atoms with Crippen molar-refractivity contribution >= 4 is 29.3 Å². The maximum atomic E-state index is 11.9. The number of benzene rings is 2. The normalized spacial score (nSPS) is 11.6. The Labute approximate surface area is 140 Å². The van der Waals surface area contributed by atoms with Gasteiger partial charge in [0.25, 0.3) is 5.91 Å². The third-order valence-electron chi connectivity index (χ3n) is 3.15. The molecule has 120 valence electrons. The fraction of sp³-hybridized carbons (Fsp3) is 0.222. The molecule has 1 atom stereocenters. The zero-order valence-electron chi connectivity index (χ0n) is 13.1. The molecule has 0 spiro atoms. The molecule has 1 N–H and O–H groups in total. The van der Waals surface area contributed by atoms with Crippen LogP contribution in [0.3, 0.4) is 0 Å². The Bertz CT molecular complexity index is 673. The van der Waals surface area contributed by atoms with Crippen LogP contribution in [0.5, 0.6) is 0 Å². The summed E-state index contributed by atoms with van der Waals surface area (Å²) >= 11 is 1.40. The van der Waals surface area contributed by atoms with E-state index in [1.807, 2.05) is 61.5 Å². The summed E-state index contributed by atoms with van der Waals surface area (Å²) in [5.41, 5.74) is 1.68. The van der Waals surface area contributed by atoms with E-state index in [2.05, 4.69) is 5.32 Å². The van der Waals surface area contributed by atoms with Crippen LogP contribution in [-0.2, 0) is 14.3 Å². The van der Waals surface area contributed by atoms with Crippen LogP contribution in [0.1, 0.15) is 12.5 Å². The van der Waals surface area contributed by atoms with E-state index in [4.69, 9.17) is 4.74 Å². The van der Waals surface area contributed by atoms with Crippen molar-refractivity contribution in [3.63, 3.8) is 0 Å². The number of hydrogen-bond acceptors (Lipinski definition) is 4. The third kappa shape index (κ3) is 5.45. The van der Waals surface area contributed by atoms with Gasteiger partial charge in [0.2, 0.25) is 0 Å². The van der Waals surface area contributed by atoms with Gasteiger partial charge in [0.15, 0.2) is 6.61 Å². The lowest BCUT2D eigenvalue weighted by atomic mass is 10.2. The highest BCUT2D eigenvalue weighted by molar-refractivity contribution is 8.00. The predicted molar refractivity (Wildman–Crippen MR) is 92.5 cm³/mol. The molecule has 0 bridgehead atoms. The molecule has 1 amide bonds. The zero-order chi connectivity index (χ0) is 16.7. The number of amides is 1. The van der Waals surface area contributed by atoms with Crippen LogP contribution in [0, 0.1) is 6.92 Å². The minimum atomic E-state index is -0.404. The number of aryl methyl sites for hydroxylation is 1. The first-order valence-corrected chi connectivity index (χ1v) is 8.18. The molecular formula is C18H19NO3S. The van der Waals surface area contributed by atoms with Crippen LogP contribution in [0.25, 0.3) is 0 Å². The first-order chi connectivity index (χ1) is 11.1. The van der Waals surface area contributed by atoms with Gasteiger partial charge in [-0.3, -0.25) is 9.59 Å². The highest BCUT2D eigenvalue weighted by Gasteiger charge is 2.17. The Balaban J connectivity index is 1.79. The number of rotatable bonds is 6. The van der Waals surface area contributed by atoms with Gasteiger partial charge in [0.1, 0.15) is 5.25 Å². The molecule has 0 heterocycles. The molecule has 0 unspecified atom stereocenters. The van der Waals surface area contributed by atoms with Crippen molar-refractivity contribution in [1.29, 1.82) is 0 Å². The van der Waals surface area contributed by atoms with Gasteiger partial charge in [-0.05, 0) is 37.6 Å². The Morgan fingerprint density at radius 1 is 1.09 bits per heavy atom. The highest BCUT2D eigenvalue weighted by Crippen LogP contribution is 2.23. The summed E-state index contributed by atoms with van der Waals surface area (Å²) in [6.45, 7) is 3.38. The second-order valence-corrected chi connectivity index (χ2v) is 6.46. The van der Waals surface area contributed by atoms with Gasteiger partial charge in [0.05, 0.1) is 0 Å². The van der Waals surface area contributed by atoms with Gasteiger partial charge >= 0.3 is 5.97 Å². The van der Waals surface area contributed by atoms with Gasteiger partial charge in [-0.1, -0.05) is 36.4 Å². The van der Waals surface area contributed by atoms with Gasteiger partial charge in [-0.25, -0.2) is 0 Å². The topological polar surface area (TPSA) is 55.4 Å². The molecule has 0 fully saturated rings. The van der Waals surface area contributed by atoms with E-state index >= 15 is 0 Å². The van der Waals surface area contributed by atoms with Crippen molar-refractivity contribution in [3.05, 3.63) is 60.2 Å². The lowest BCUT2D eigenvalue weighted by Gasteiger charge is -2.12. The van der Waals surface area contributed by atoms with Gasteiger partial charge in [-0.2, -0.15) is 0 Å². The van der Waals surface area contributed by atoms with Crippen molar-refractivity contribution < 1.29 is 14.3 Å². The molecule has 0 saturated carbocycles. The summed E-state index contributed by atoms with van der Waals surface area (Å²) in [5, 5.41) is 2.36. The van der Waals surface area contributed by atoms with E-state index < -0.39 is 5.97 Å². The molecule has 0 aliphatic carbocycles. The van der Waals surface area contributed by atoms with Crippen molar-refractivity contribution in [2.45, 2.75) is 24.0 Å². The van der Waals surface area contributed by atoms with Crippen LogP contribution in [0.4, 0.5) is 5.69 Å². The molecule has 2 aromatic carbocycles. The van der Waals surface area contributed by atoms with Crippen molar-refractivity contribution in [2.75, 3.05) is 11.9 Å². The Hall–Kier alpha value is -2.27. The van der Waals surface area contributed by atoms with E-state index in [0.29, 0.717) is 0 Å². The summed E-state index contributed by atoms with van der Waals surface area (Å²) in [4.78, 5) is 24.8. The molecule has 5 heteroatoms. The summed E-state index contributed by atoms with van der Waals surface area (Å²) in [5.74, 6) is -0.747. The zero-order valence-corrected chi connectivity index (χ0v) is 13.9. The molecule has 2 aromatic rings. The van der Waals surface area contributed by atoms with Gasteiger partial charge < -0.3 is 10.1 Å². The lowest BCUT2D eigenvalue weighted by molar-refractivity contribution is -0.146. The average Bonchev–Trinajstić information content (AvgIpc) is 2.55. The summed E-state index contributed by atoms with van der Waals surface area (Å²) in [6.07, 6.45) is 0. The monoisotopic (exact) mass is 329 g/mol. The molecule has 0 saturated heterocycles. The highest BCUT2D eigenvalue weighted by atomic mass is 32.2. The maximum absolute atomic E-state index is 11.9. The second kappa shape index (κ2) is 8.39. The maximum Gasteiger partial charge on any atom is 0.319 e. The number of ether oxygens (including phenoxy) is 1. The SMILES string of the molecule is Cc1ccccc1NC(=O)COC(=O)[C@@H](C)Sc1ccccc1. The molecule has 0 aromatic heterocycles. The largest absolute Gasteiger partial charge is 0.455 e. The Morgan fingerprint density at radius 2 is 1.74 bits per heavy atom. The van der Waals surface area contributed by atoms with Crippen molar-refractivity contribution in [2.24, 2.45) is 0 Å². The first-order valence-electron chi connectivity index (χ1n) is 7.30. The number of hydrogen-bond donors (Lipinski definition) is 1. The first kappa shape index (κ1) is 17.1. The number of esters is 1. The van der Waals surface area contributed by atoms with E-state index in [9.17, 15) is 9.59 Å². The molecule has 0 radical (unpaired) electrons. The molecule has 23 heavy (non-hydrogen) atoms. The molecular weight excluding hydrogens is 310 g/mol. The van der Waals surface area contributed by atoms with Crippen LogP contribution >= 0.6 is 11.8 Å². The third-order valence-corrected chi connectivity index (χ3v) is 4.24. The quantitative estimate of drug-likeness (QED) is 0.649. The fourth-order valence-corrected chi connectivity index (χ4v) is 2.79. The van der Waals surface area contributed by atoms with Crippen molar-refractivity contribution in [1.82, 2.24) is 0 Å². The van der Waals surface area contributed by atoms with E-state index in [-0.39, 0.29) is 17.8 Å². The van der Waals surface area contributed by atoms with Crippen LogP contribution < -0.4 is 5.32 Å². The Kier molecular flexibility index (Phi) is 6.23. The van der Waals surface area contributed by atoms with Gasteiger partial charge in [0, 0.05) is 10.6 Å². The smallest absolute Gasteiger partial charge is 0.319 e. The molecule has 2 rings (SSSR count). The predicted octanol–water partition coefficient (Wildman–Crippen LogP) is 3.66. The minimum absolute atomic E-state index is 0.285. The number of anilines is 1. The molecule has 0 aliphatic heterocycles. The molecule has 4 nitrogen and oxygen atoms in total. The van der Waals surface area contributed by atoms with Crippen LogP contribution in [-0.4, -0.2) is 23.7 Å². The molecule has 0 aliphatic rings. The van der Waals surface area contributed by atoms with E-state index in [1.54, 1.807) is 6.92 Å². The van der Waals surface area contributed by atoms with E-state index in [0.717, 1.165) is 16.1 Å². The number of nitrogens with one attached hydrogen (secondary N) is 1. The minimum Gasteiger partial charge on any atom is -0.455 e. The lowest BCUT2D eigenvalue weighted by Crippen LogP contribution is -2.25. The summed E-state index contributed by atoms with van der Waals surface area (Å²) < 4.78 is 5.08. The van der Waals surface area contributed by atoms with Crippen molar-refractivity contribution in [3.8, 4) is 0 Å². The second-order valence-electron chi connectivity index (χ2n) is 5.04. The average molecular weight is 329 g/mol.